The highest BCUT2D eigenvalue weighted by atomic mass is 32.1. The predicted octanol–water partition coefficient (Wildman–Crippen LogP) is 3.41. The molecule has 2 aromatic rings. The lowest BCUT2D eigenvalue weighted by molar-refractivity contribution is -0.150. The Morgan fingerprint density at radius 1 is 1.40 bits per heavy atom. The van der Waals surface area contributed by atoms with E-state index in [0.717, 1.165) is 24.9 Å². The Morgan fingerprint density at radius 3 is 2.88 bits per heavy atom. The summed E-state index contributed by atoms with van der Waals surface area (Å²) in [6.07, 6.45) is 1.83. The fourth-order valence-electron chi connectivity index (χ4n) is 3.03. The average Bonchev–Trinajstić information content (AvgIpc) is 2.97. The zero-order valence-electron chi connectivity index (χ0n) is 14.6. The maximum atomic E-state index is 12.0. The van der Waals surface area contributed by atoms with Gasteiger partial charge in [-0.05, 0) is 57.6 Å². The van der Waals surface area contributed by atoms with E-state index in [4.69, 9.17) is 21.4 Å². The molecule has 1 atom stereocenters. The Balaban J connectivity index is 1.69. The molecule has 7 heteroatoms. The van der Waals surface area contributed by atoms with Crippen molar-refractivity contribution < 1.29 is 13.9 Å². The topological polar surface area (TPSA) is 60.5 Å². The minimum atomic E-state index is -0.115. The third-order valence-electron chi connectivity index (χ3n) is 4.36. The molecule has 0 bridgehead atoms. The van der Waals surface area contributed by atoms with Crippen molar-refractivity contribution in [2.75, 3.05) is 19.7 Å². The standard InChI is InChI=1S/C18H23N3O3S/c1-3-23-17(22)15-5-4-10-20(11-15)12-21-18(25)24-16(19-21)14-8-6-13(2)7-9-14/h6-9,15H,3-5,10-12H2,1-2H3/t15-/m0/s1. The van der Waals surface area contributed by atoms with Crippen LogP contribution in [0.2, 0.25) is 0 Å². The molecule has 0 aliphatic carbocycles. The van der Waals surface area contributed by atoms with E-state index >= 15 is 0 Å². The SMILES string of the molecule is CCOC(=O)[C@H]1CCCN(Cn2nc(-c3ccc(C)cc3)oc2=S)C1. The van der Waals surface area contributed by atoms with Crippen molar-refractivity contribution in [3.63, 3.8) is 0 Å². The Kier molecular flexibility index (Phi) is 5.65. The predicted molar refractivity (Wildman–Crippen MR) is 96.4 cm³/mol. The Labute approximate surface area is 152 Å². The van der Waals surface area contributed by atoms with Gasteiger partial charge in [-0.3, -0.25) is 9.69 Å². The summed E-state index contributed by atoms with van der Waals surface area (Å²) in [4.78, 5) is 14.5. The van der Waals surface area contributed by atoms with Gasteiger partial charge in [0.05, 0.1) is 19.2 Å². The highest BCUT2D eigenvalue weighted by molar-refractivity contribution is 7.71. The molecule has 0 amide bonds. The summed E-state index contributed by atoms with van der Waals surface area (Å²) < 4.78 is 12.5. The number of likely N-dealkylation sites (tertiary alicyclic amines) is 1. The summed E-state index contributed by atoms with van der Waals surface area (Å²) in [6, 6.07) is 7.97. The van der Waals surface area contributed by atoms with Crippen molar-refractivity contribution in [2.45, 2.75) is 33.4 Å². The highest BCUT2D eigenvalue weighted by Gasteiger charge is 2.27. The number of piperidine rings is 1. The Bertz CT molecular complexity index is 782. The van der Waals surface area contributed by atoms with Crippen LogP contribution < -0.4 is 0 Å². The van der Waals surface area contributed by atoms with Crippen molar-refractivity contribution in [1.29, 1.82) is 0 Å². The smallest absolute Gasteiger partial charge is 0.310 e. The molecular formula is C18H23N3O3S. The fourth-order valence-corrected chi connectivity index (χ4v) is 3.21. The van der Waals surface area contributed by atoms with E-state index in [2.05, 4.69) is 10.00 Å². The van der Waals surface area contributed by atoms with Gasteiger partial charge >= 0.3 is 5.97 Å². The molecule has 25 heavy (non-hydrogen) atoms. The maximum absolute atomic E-state index is 12.0. The lowest BCUT2D eigenvalue weighted by Crippen LogP contribution is -2.40. The van der Waals surface area contributed by atoms with Gasteiger partial charge in [-0.2, -0.15) is 0 Å². The number of nitrogens with zero attached hydrogens (tertiary/aromatic N) is 3. The number of ether oxygens (including phenoxy) is 1. The number of benzene rings is 1. The van der Waals surface area contributed by atoms with Gasteiger partial charge in [0.2, 0.25) is 5.89 Å². The molecule has 0 spiro atoms. The molecule has 134 valence electrons. The van der Waals surface area contributed by atoms with E-state index in [1.54, 1.807) is 4.68 Å². The number of carbonyl (C=O) groups excluding carboxylic acids is 1. The van der Waals surface area contributed by atoms with E-state index in [1.165, 1.54) is 5.56 Å². The van der Waals surface area contributed by atoms with Crippen molar-refractivity contribution in [2.24, 2.45) is 5.92 Å². The van der Waals surface area contributed by atoms with Crippen LogP contribution in [0.15, 0.2) is 28.7 Å². The molecule has 2 heterocycles. The molecule has 1 aromatic carbocycles. The molecule has 3 rings (SSSR count). The normalized spacial score (nSPS) is 18.2. The van der Waals surface area contributed by atoms with Gasteiger partial charge in [-0.15, -0.1) is 5.10 Å². The van der Waals surface area contributed by atoms with Crippen LogP contribution in [0, 0.1) is 17.7 Å². The zero-order chi connectivity index (χ0) is 17.8. The zero-order valence-corrected chi connectivity index (χ0v) is 15.4. The van der Waals surface area contributed by atoms with Crippen LogP contribution >= 0.6 is 12.2 Å². The summed E-state index contributed by atoms with van der Waals surface area (Å²) in [5.74, 6) is 0.326. The Morgan fingerprint density at radius 2 is 2.16 bits per heavy atom. The number of hydrogen-bond donors (Lipinski definition) is 0. The lowest BCUT2D eigenvalue weighted by Gasteiger charge is -2.30. The summed E-state index contributed by atoms with van der Waals surface area (Å²) >= 11 is 5.31. The quantitative estimate of drug-likeness (QED) is 0.601. The molecule has 0 N–H and O–H groups in total. The monoisotopic (exact) mass is 361 g/mol. The van der Waals surface area contributed by atoms with E-state index < -0.39 is 0 Å². The van der Waals surface area contributed by atoms with Gasteiger partial charge in [-0.25, -0.2) is 4.68 Å². The summed E-state index contributed by atoms with van der Waals surface area (Å²) in [5, 5.41) is 4.50. The van der Waals surface area contributed by atoms with E-state index in [9.17, 15) is 4.79 Å². The molecule has 1 saturated heterocycles. The number of aromatic nitrogens is 2. The van der Waals surface area contributed by atoms with Crippen LogP contribution in [0.5, 0.6) is 0 Å². The van der Waals surface area contributed by atoms with Crippen LogP contribution in [0.3, 0.4) is 0 Å². The van der Waals surface area contributed by atoms with Crippen LogP contribution in [-0.2, 0) is 16.2 Å². The first kappa shape index (κ1) is 17.8. The Hall–Kier alpha value is -1.99. The molecule has 6 nitrogen and oxygen atoms in total. The van der Waals surface area contributed by atoms with Crippen LogP contribution in [0.4, 0.5) is 0 Å². The number of carbonyl (C=O) groups is 1. The minimum absolute atomic E-state index is 0.0775. The minimum Gasteiger partial charge on any atom is -0.466 e. The maximum Gasteiger partial charge on any atom is 0.310 e. The first-order valence-electron chi connectivity index (χ1n) is 8.61. The van der Waals surface area contributed by atoms with Gasteiger partial charge in [0.1, 0.15) is 0 Å². The second-order valence-electron chi connectivity index (χ2n) is 6.35. The van der Waals surface area contributed by atoms with Crippen molar-refractivity contribution >= 4 is 18.2 Å². The van der Waals surface area contributed by atoms with Gasteiger partial charge in [0.25, 0.3) is 4.84 Å². The summed E-state index contributed by atoms with van der Waals surface area (Å²) in [7, 11) is 0. The first-order chi connectivity index (χ1) is 12.1. The molecule has 0 radical (unpaired) electrons. The van der Waals surface area contributed by atoms with Crippen LogP contribution in [0.25, 0.3) is 11.5 Å². The molecule has 1 fully saturated rings. The van der Waals surface area contributed by atoms with Crippen molar-refractivity contribution in [3.8, 4) is 11.5 Å². The van der Waals surface area contributed by atoms with E-state index in [1.807, 2.05) is 38.1 Å². The number of hydrogen-bond acceptors (Lipinski definition) is 6. The highest BCUT2D eigenvalue weighted by Crippen LogP contribution is 2.21. The summed E-state index contributed by atoms with van der Waals surface area (Å²) in [6.45, 7) is 6.37. The van der Waals surface area contributed by atoms with Crippen LogP contribution in [-0.4, -0.2) is 40.3 Å². The third kappa shape index (κ3) is 4.35. The second kappa shape index (κ2) is 7.93. The van der Waals surface area contributed by atoms with Crippen molar-refractivity contribution in [1.82, 2.24) is 14.7 Å². The number of rotatable bonds is 5. The fraction of sp³-hybridized carbons (Fsp3) is 0.500. The van der Waals surface area contributed by atoms with Gasteiger partial charge < -0.3 is 9.15 Å². The van der Waals surface area contributed by atoms with E-state index in [-0.39, 0.29) is 11.9 Å². The molecule has 0 unspecified atom stereocenters. The average molecular weight is 361 g/mol. The molecule has 1 aliphatic heterocycles. The second-order valence-corrected chi connectivity index (χ2v) is 6.70. The third-order valence-corrected chi connectivity index (χ3v) is 4.66. The molecule has 1 aromatic heterocycles. The lowest BCUT2D eigenvalue weighted by atomic mass is 9.99. The number of aryl methyl sites for hydroxylation is 1. The largest absolute Gasteiger partial charge is 0.466 e. The summed E-state index contributed by atoms with van der Waals surface area (Å²) in [5.41, 5.74) is 2.08. The molecular weight excluding hydrogens is 338 g/mol. The van der Waals surface area contributed by atoms with Gasteiger partial charge in [0.15, 0.2) is 0 Å². The van der Waals surface area contributed by atoms with E-state index in [0.29, 0.717) is 30.5 Å². The molecule has 0 saturated carbocycles. The first-order valence-corrected chi connectivity index (χ1v) is 9.01. The van der Waals surface area contributed by atoms with Gasteiger partial charge in [0, 0.05) is 12.1 Å². The molecule has 1 aliphatic rings. The van der Waals surface area contributed by atoms with Crippen LogP contribution in [0.1, 0.15) is 25.3 Å². The van der Waals surface area contributed by atoms with Crippen molar-refractivity contribution in [3.05, 3.63) is 34.7 Å². The van der Waals surface area contributed by atoms with Gasteiger partial charge in [-0.1, -0.05) is 17.7 Å². The number of esters is 1.